The van der Waals surface area contributed by atoms with E-state index in [2.05, 4.69) is 33.7 Å². The smallest absolute Gasteiger partial charge is 0.224 e. The largest absolute Gasteiger partial charge is 0.352 e. The molecule has 0 saturated heterocycles. The average molecular weight is 269 g/mol. The van der Waals surface area contributed by atoms with Gasteiger partial charge in [-0.2, -0.15) is 5.10 Å². The van der Waals surface area contributed by atoms with E-state index in [1.807, 2.05) is 6.92 Å². The van der Waals surface area contributed by atoms with Gasteiger partial charge < -0.3 is 5.32 Å². The van der Waals surface area contributed by atoms with Crippen LogP contribution in [0.5, 0.6) is 0 Å². The van der Waals surface area contributed by atoms with E-state index >= 15 is 0 Å². The minimum atomic E-state index is 0.0588. The van der Waals surface area contributed by atoms with Gasteiger partial charge in [-0.05, 0) is 42.9 Å². The maximum absolute atomic E-state index is 12.0. The number of aromatic amines is 1. The third-order valence-electron chi connectivity index (χ3n) is 3.94. The first-order valence-electron chi connectivity index (χ1n) is 7.08. The molecule has 0 unspecified atom stereocenters. The van der Waals surface area contributed by atoms with Crippen LogP contribution in [-0.2, 0) is 30.6 Å². The number of aromatic nitrogens is 2. The number of amides is 1. The third kappa shape index (κ3) is 2.74. The van der Waals surface area contributed by atoms with E-state index in [0.717, 1.165) is 23.2 Å². The van der Waals surface area contributed by atoms with Gasteiger partial charge in [-0.3, -0.25) is 9.89 Å². The van der Waals surface area contributed by atoms with Gasteiger partial charge in [-0.15, -0.1) is 0 Å². The van der Waals surface area contributed by atoms with Gasteiger partial charge in [0, 0.05) is 17.8 Å². The van der Waals surface area contributed by atoms with Crippen LogP contribution in [0, 0.1) is 6.92 Å². The molecule has 1 aromatic carbocycles. The molecule has 4 heteroatoms. The van der Waals surface area contributed by atoms with Crippen LogP contribution in [0.3, 0.4) is 0 Å². The highest BCUT2D eigenvalue weighted by Crippen LogP contribution is 2.22. The monoisotopic (exact) mass is 269 g/mol. The third-order valence-corrected chi connectivity index (χ3v) is 3.94. The van der Waals surface area contributed by atoms with Crippen molar-refractivity contribution in [1.82, 2.24) is 15.5 Å². The summed E-state index contributed by atoms with van der Waals surface area (Å²) in [7, 11) is 0. The quantitative estimate of drug-likeness (QED) is 0.892. The van der Waals surface area contributed by atoms with Gasteiger partial charge in [0.25, 0.3) is 0 Å². The number of rotatable bonds is 4. The van der Waals surface area contributed by atoms with E-state index in [1.165, 1.54) is 24.0 Å². The number of benzene rings is 1. The Balaban J connectivity index is 1.58. The number of hydrogen-bond acceptors (Lipinski definition) is 2. The van der Waals surface area contributed by atoms with Crippen LogP contribution in [0.4, 0.5) is 0 Å². The van der Waals surface area contributed by atoms with Crippen molar-refractivity contribution in [3.63, 3.8) is 0 Å². The first-order valence-corrected chi connectivity index (χ1v) is 7.08. The van der Waals surface area contributed by atoms with Gasteiger partial charge >= 0.3 is 0 Å². The van der Waals surface area contributed by atoms with E-state index < -0.39 is 0 Å². The van der Waals surface area contributed by atoms with Gasteiger partial charge in [-0.25, -0.2) is 0 Å². The molecule has 0 radical (unpaired) electrons. The Hall–Kier alpha value is -2.10. The predicted octanol–water partition coefficient (Wildman–Crippen LogP) is 2.07. The zero-order valence-corrected chi connectivity index (χ0v) is 11.7. The minimum Gasteiger partial charge on any atom is -0.352 e. The molecule has 0 fully saturated rings. The van der Waals surface area contributed by atoms with Gasteiger partial charge in [0.2, 0.25) is 5.91 Å². The predicted molar refractivity (Wildman–Crippen MR) is 77.3 cm³/mol. The number of carbonyl (C=O) groups is 1. The molecule has 1 aromatic heterocycles. The van der Waals surface area contributed by atoms with E-state index in [9.17, 15) is 4.79 Å². The summed E-state index contributed by atoms with van der Waals surface area (Å²) < 4.78 is 0. The highest BCUT2D eigenvalue weighted by atomic mass is 16.1. The van der Waals surface area contributed by atoms with Gasteiger partial charge in [0.1, 0.15) is 0 Å². The lowest BCUT2D eigenvalue weighted by Crippen LogP contribution is -2.24. The van der Waals surface area contributed by atoms with E-state index in [1.54, 1.807) is 6.20 Å². The topological polar surface area (TPSA) is 57.8 Å². The Morgan fingerprint density at radius 3 is 3.00 bits per heavy atom. The first-order chi connectivity index (χ1) is 9.72. The summed E-state index contributed by atoms with van der Waals surface area (Å²) in [6, 6.07) is 6.43. The number of nitrogens with one attached hydrogen (secondary N) is 2. The van der Waals surface area contributed by atoms with Gasteiger partial charge in [0.15, 0.2) is 0 Å². The molecule has 0 bridgehead atoms. The van der Waals surface area contributed by atoms with E-state index in [0.29, 0.717) is 13.0 Å². The van der Waals surface area contributed by atoms with Crippen LogP contribution in [0.1, 0.15) is 34.4 Å². The number of hydrogen-bond donors (Lipinski definition) is 2. The molecule has 20 heavy (non-hydrogen) atoms. The second-order valence-corrected chi connectivity index (χ2v) is 5.43. The zero-order valence-electron chi connectivity index (χ0n) is 11.7. The highest BCUT2D eigenvalue weighted by Gasteiger charge is 2.12. The summed E-state index contributed by atoms with van der Waals surface area (Å²) >= 11 is 0. The van der Waals surface area contributed by atoms with E-state index in [4.69, 9.17) is 0 Å². The summed E-state index contributed by atoms with van der Waals surface area (Å²) in [5.41, 5.74) is 6.01. The maximum Gasteiger partial charge on any atom is 0.224 e. The summed E-state index contributed by atoms with van der Waals surface area (Å²) in [5, 5.41) is 9.76. The summed E-state index contributed by atoms with van der Waals surface area (Å²) in [5.74, 6) is 0.0588. The van der Waals surface area contributed by atoms with Crippen LogP contribution in [0.25, 0.3) is 0 Å². The van der Waals surface area contributed by atoms with Crippen LogP contribution < -0.4 is 5.32 Å². The minimum absolute atomic E-state index is 0.0588. The molecule has 2 N–H and O–H groups in total. The number of aryl methyl sites for hydroxylation is 3. The summed E-state index contributed by atoms with van der Waals surface area (Å²) in [6.07, 6.45) is 5.78. The summed E-state index contributed by atoms with van der Waals surface area (Å²) in [6.45, 7) is 2.49. The fourth-order valence-corrected chi connectivity index (χ4v) is 2.73. The van der Waals surface area contributed by atoms with Crippen molar-refractivity contribution in [2.75, 3.05) is 0 Å². The highest BCUT2D eigenvalue weighted by molar-refractivity contribution is 5.78. The molecule has 1 heterocycles. The Morgan fingerprint density at radius 2 is 2.20 bits per heavy atom. The van der Waals surface area contributed by atoms with Crippen molar-refractivity contribution in [2.24, 2.45) is 0 Å². The molecule has 2 aromatic rings. The average Bonchev–Trinajstić information content (AvgIpc) is 3.04. The van der Waals surface area contributed by atoms with Crippen molar-refractivity contribution in [3.05, 3.63) is 52.3 Å². The molecule has 0 aliphatic heterocycles. The molecular weight excluding hydrogens is 250 g/mol. The van der Waals surface area contributed by atoms with Crippen molar-refractivity contribution < 1.29 is 4.79 Å². The van der Waals surface area contributed by atoms with Crippen LogP contribution in [0.15, 0.2) is 24.4 Å². The maximum atomic E-state index is 12.0. The lowest BCUT2D eigenvalue weighted by Gasteiger charge is -2.06. The molecule has 104 valence electrons. The first kappa shape index (κ1) is 12.9. The molecule has 1 aliphatic rings. The Kier molecular flexibility index (Phi) is 3.54. The molecule has 0 atom stereocenters. The normalized spacial score (nSPS) is 13.2. The zero-order chi connectivity index (χ0) is 13.9. The Morgan fingerprint density at radius 1 is 1.35 bits per heavy atom. The van der Waals surface area contributed by atoms with E-state index in [-0.39, 0.29) is 5.91 Å². The van der Waals surface area contributed by atoms with Crippen LogP contribution in [-0.4, -0.2) is 16.1 Å². The molecule has 3 rings (SSSR count). The Bertz CT molecular complexity index is 630. The number of carbonyl (C=O) groups excluding carboxylic acids is 1. The Labute approximate surface area is 118 Å². The second-order valence-electron chi connectivity index (χ2n) is 5.43. The van der Waals surface area contributed by atoms with Crippen LogP contribution in [0.2, 0.25) is 0 Å². The lowest BCUT2D eigenvalue weighted by atomic mass is 10.0. The molecule has 0 spiro atoms. The van der Waals surface area contributed by atoms with Gasteiger partial charge in [0.05, 0.1) is 12.6 Å². The van der Waals surface area contributed by atoms with Crippen molar-refractivity contribution >= 4 is 5.91 Å². The number of fused-ring (bicyclic) bond motifs is 1. The molecule has 0 saturated carbocycles. The van der Waals surface area contributed by atoms with Gasteiger partial charge in [-0.1, -0.05) is 18.2 Å². The SMILES string of the molecule is Cc1[nH]ncc1CNC(=O)Cc1ccc2c(c1)CCC2. The molecule has 1 aliphatic carbocycles. The molecule has 1 amide bonds. The summed E-state index contributed by atoms with van der Waals surface area (Å²) in [4.78, 5) is 12.0. The van der Waals surface area contributed by atoms with Crippen molar-refractivity contribution in [3.8, 4) is 0 Å². The van der Waals surface area contributed by atoms with Crippen molar-refractivity contribution in [1.29, 1.82) is 0 Å². The molecule has 4 nitrogen and oxygen atoms in total. The lowest BCUT2D eigenvalue weighted by molar-refractivity contribution is -0.120. The van der Waals surface area contributed by atoms with Crippen molar-refractivity contribution in [2.45, 2.75) is 39.2 Å². The number of nitrogens with zero attached hydrogens (tertiary/aromatic N) is 1. The van der Waals surface area contributed by atoms with Crippen LogP contribution >= 0.6 is 0 Å². The molecular formula is C16H19N3O. The second kappa shape index (κ2) is 5.49. The fraction of sp³-hybridized carbons (Fsp3) is 0.375. The number of H-pyrrole nitrogens is 1. The standard InChI is InChI=1S/C16H19N3O/c1-11-15(10-18-19-11)9-17-16(20)8-12-5-6-13-3-2-4-14(13)7-12/h5-7,10H,2-4,8-9H2,1H3,(H,17,20)(H,18,19). The fourth-order valence-electron chi connectivity index (χ4n) is 2.73.